The van der Waals surface area contributed by atoms with Gasteiger partial charge in [0.1, 0.15) is 0 Å². The molecule has 5 nitrogen and oxygen atoms in total. The Morgan fingerprint density at radius 2 is 1.92 bits per heavy atom. The van der Waals surface area contributed by atoms with Crippen molar-refractivity contribution in [3.05, 3.63) is 54.2 Å². The number of guanidine groups is 1. The van der Waals surface area contributed by atoms with E-state index in [1.807, 2.05) is 50.0 Å². The van der Waals surface area contributed by atoms with Gasteiger partial charge in [0.05, 0.1) is 6.10 Å². The van der Waals surface area contributed by atoms with Crippen LogP contribution in [0.4, 0.5) is 0 Å². The molecule has 2 N–H and O–H groups in total. The Morgan fingerprint density at radius 3 is 2.54 bits per heavy atom. The number of halogens is 1. The van der Waals surface area contributed by atoms with E-state index in [0.717, 1.165) is 23.8 Å². The molecule has 1 aromatic heterocycles. The van der Waals surface area contributed by atoms with Crippen molar-refractivity contribution in [3.63, 3.8) is 0 Å². The molecule has 2 aromatic rings. The Bertz CT molecular complexity index is 650. The zero-order valence-electron chi connectivity index (χ0n) is 15.4. The van der Waals surface area contributed by atoms with Crippen molar-refractivity contribution in [2.75, 3.05) is 19.3 Å². The van der Waals surface area contributed by atoms with Gasteiger partial charge in [-0.25, -0.2) is 4.98 Å². The highest BCUT2D eigenvalue weighted by molar-refractivity contribution is 14.0. The van der Waals surface area contributed by atoms with Crippen molar-refractivity contribution in [1.82, 2.24) is 15.6 Å². The van der Waals surface area contributed by atoms with Crippen LogP contribution < -0.4 is 15.4 Å². The number of pyridine rings is 1. The van der Waals surface area contributed by atoms with Crippen LogP contribution in [-0.2, 0) is 6.54 Å². The number of ether oxygens (including phenoxy) is 1. The Kier molecular flexibility index (Phi) is 11.1. The van der Waals surface area contributed by atoms with E-state index in [1.54, 1.807) is 7.05 Å². The number of nitrogens with one attached hydrogen (secondary N) is 2. The predicted octanol–water partition coefficient (Wildman–Crippen LogP) is 3.94. The second-order valence-corrected chi connectivity index (χ2v) is 6.85. The summed E-state index contributed by atoms with van der Waals surface area (Å²) >= 11 is 1.82. The molecular formula is C19H27IN4OS. The van der Waals surface area contributed by atoms with E-state index in [9.17, 15) is 0 Å². The minimum atomic E-state index is 0. The normalized spacial score (nSPS) is 11.0. The lowest BCUT2D eigenvalue weighted by molar-refractivity contribution is 0.232. The Labute approximate surface area is 177 Å². The van der Waals surface area contributed by atoms with Gasteiger partial charge in [-0.05, 0) is 31.5 Å². The van der Waals surface area contributed by atoms with Crippen molar-refractivity contribution >= 4 is 41.7 Å². The molecule has 0 fully saturated rings. The number of hydrogen-bond acceptors (Lipinski definition) is 4. The standard InChI is InChI=1S/C19H26N4OS.HI/c1-15(2)24-18-10-9-16(13-22-18)14-23-19(20-3)21-11-12-25-17-7-5-4-6-8-17;/h4-10,13,15H,11-12,14H2,1-3H3,(H2,20,21,23);1H. The molecule has 0 saturated heterocycles. The maximum atomic E-state index is 5.55. The highest BCUT2D eigenvalue weighted by Gasteiger charge is 2.02. The number of thioether (sulfide) groups is 1. The van der Waals surface area contributed by atoms with E-state index in [0.29, 0.717) is 12.4 Å². The second-order valence-electron chi connectivity index (χ2n) is 5.69. The molecule has 142 valence electrons. The van der Waals surface area contributed by atoms with Gasteiger partial charge in [0, 0.05) is 43.0 Å². The Morgan fingerprint density at radius 1 is 1.15 bits per heavy atom. The molecule has 0 aliphatic carbocycles. The first-order valence-corrected chi connectivity index (χ1v) is 9.40. The van der Waals surface area contributed by atoms with Crippen molar-refractivity contribution in [3.8, 4) is 5.88 Å². The van der Waals surface area contributed by atoms with E-state index in [4.69, 9.17) is 4.74 Å². The van der Waals surface area contributed by atoms with Gasteiger partial charge >= 0.3 is 0 Å². The van der Waals surface area contributed by atoms with Crippen molar-refractivity contribution < 1.29 is 4.74 Å². The zero-order chi connectivity index (χ0) is 17.9. The lowest BCUT2D eigenvalue weighted by Gasteiger charge is -2.12. The molecule has 26 heavy (non-hydrogen) atoms. The molecule has 0 aliphatic heterocycles. The Hall–Kier alpha value is -1.48. The van der Waals surface area contributed by atoms with Crippen LogP contribution in [0.25, 0.3) is 0 Å². The quantitative estimate of drug-likeness (QED) is 0.195. The number of nitrogens with zero attached hydrogens (tertiary/aromatic N) is 2. The second kappa shape index (κ2) is 12.8. The van der Waals surface area contributed by atoms with E-state index in [1.165, 1.54) is 4.90 Å². The predicted molar refractivity (Wildman–Crippen MR) is 121 cm³/mol. The summed E-state index contributed by atoms with van der Waals surface area (Å²) in [5.74, 6) is 2.42. The minimum Gasteiger partial charge on any atom is -0.475 e. The molecule has 2 rings (SSSR count). The first-order valence-electron chi connectivity index (χ1n) is 8.41. The molecular weight excluding hydrogens is 459 g/mol. The van der Waals surface area contributed by atoms with Crippen molar-refractivity contribution in [1.29, 1.82) is 0 Å². The molecule has 0 amide bonds. The number of aromatic nitrogens is 1. The van der Waals surface area contributed by atoms with Gasteiger partial charge in [0.2, 0.25) is 5.88 Å². The molecule has 0 bridgehead atoms. The summed E-state index contributed by atoms with van der Waals surface area (Å²) in [7, 11) is 1.78. The molecule has 0 aliphatic rings. The molecule has 0 spiro atoms. The van der Waals surface area contributed by atoms with Gasteiger partial charge < -0.3 is 15.4 Å². The van der Waals surface area contributed by atoms with Crippen LogP contribution in [0.5, 0.6) is 5.88 Å². The van der Waals surface area contributed by atoms with Crippen LogP contribution in [0.3, 0.4) is 0 Å². The molecule has 1 heterocycles. The van der Waals surface area contributed by atoms with Gasteiger partial charge in [0.25, 0.3) is 0 Å². The van der Waals surface area contributed by atoms with Crippen molar-refractivity contribution in [2.45, 2.75) is 31.4 Å². The summed E-state index contributed by atoms with van der Waals surface area (Å²) in [6.45, 7) is 5.49. The lowest BCUT2D eigenvalue weighted by atomic mass is 10.3. The summed E-state index contributed by atoms with van der Waals surface area (Å²) in [5, 5.41) is 6.61. The zero-order valence-corrected chi connectivity index (χ0v) is 18.6. The maximum absolute atomic E-state index is 5.55. The number of hydrogen-bond donors (Lipinski definition) is 2. The summed E-state index contributed by atoms with van der Waals surface area (Å²) in [6.07, 6.45) is 1.96. The summed E-state index contributed by atoms with van der Waals surface area (Å²) in [5.41, 5.74) is 1.08. The molecule has 0 atom stereocenters. The third-order valence-electron chi connectivity index (χ3n) is 3.24. The highest BCUT2D eigenvalue weighted by atomic mass is 127. The average molecular weight is 486 g/mol. The largest absolute Gasteiger partial charge is 0.475 e. The fraction of sp³-hybridized carbons (Fsp3) is 0.368. The number of rotatable bonds is 8. The average Bonchev–Trinajstić information content (AvgIpc) is 2.63. The fourth-order valence-corrected chi connectivity index (χ4v) is 2.88. The topological polar surface area (TPSA) is 58.5 Å². The number of benzene rings is 1. The van der Waals surface area contributed by atoms with Crippen LogP contribution in [0.2, 0.25) is 0 Å². The first-order chi connectivity index (χ1) is 12.2. The molecule has 0 radical (unpaired) electrons. The minimum absolute atomic E-state index is 0. The van der Waals surface area contributed by atoms with Crippen LogP contribution >= 0.6 is 35.7 Å². The SMILES string of the molecule is CN=C(NCCSc1ccccc1)NCc1ccc(OC(C)C)nc1.I. The third kappa shape index (κ3) is 8.75. The molecule has 7 heteroatoms. The van der Waals surface area contributed by atoms with Gasteiger partial charge in [0.15, 0.2) is 5.96 Å². The van der Waals surface area contributed by atoms with E-state index in [2.05, 4.69) is 44.9 Å². The smallest absolute Gasteiger partial charge is 0.213 e. The third-order valence-corrected chi connectivity index (χ3v) is 4.26. The van der Waals surface area contributed by atoms with Gasteiger partial charge in [-0.1, -0.05) is 24.3 Å². The summed E-state index contributed by atoms with van der Waals surface area (Å²) < 4.78 is 5.55. The van der Waals surface area contributed by atoms with E-state index >= 15 is 0 Å². The molecule has 1 aromatic carbocycles. The monoisotopic (exact) mass is 486 g/mol. The lowest BCUT2D eigenvalue weighted by Crippen LogP contribution is -2.37. The first kappa shape index (κ1) is 22.6. The van der Waals surface area contributed by atoms with E-state index < -0.39 is 0 Å². The van der Waals surface area contributed by atoms with Crippen LogP contribution in [0, 0.1) is 0 Å². The van der Waals surface area contributed by atoms with Crippen LogP contribution in [0.15, 0.2) is 58.5 Å². The maximum Gasteiger partial charge on any atom is 0.213 e. The van der Waals surface area contributed by atoms with Gasteiger partial charge in [-0.3, -0.25) is 4.99 Å². The van der Waals surface area contributed by atoms with Gasteiger partial charge in [-0.2, -0.15) is 0 Å². The van der Waals surface area contributed by atoms with Crippen LogP contribution in [-0.4, -0.2) is 36.4 Å². The van der Waals surface area contributed by atoms with E-state index in [-0.39, 0.29) is 30.1 Å². The molecule has 0 unspecified atom stereocenters. The molecule has 0 saturated carbocycles. The van der Waals surface area contributed by atoms with Crippen LogP contribution in [0.1, 0.15) is 19.4 Å². The highest BCUT2D eigenvalue weighted by Crippen LogP contribution is 2.15. The fourth-order valence-electron chi connectivity index (χ4n) is 2.09. The van der Waals surface area contributed by atoms with Crippen molar-refractivity contribution in [2.24, 2.45) is 4.99 Å². The summed E-state index contributed by atoms with van der Waals surface area (Å²) in [6, 6.07) is 14.3. The van der Waals surface area contributed by atoms with Gasteiger partial charge in [-0.15, -0.1) is 35.7 Å². The Balaban J connectivity index is 0.00000338. The number of aliphatic imine (C=N–C) groups is 1. The summed E-state index contributed by atoms with van der Waals surface area (Å²) in [4.78, 5) is 9.83.